The van der Waals surface area contributed by atoms with E-state index in [1.54, 1.807) is 6.08 Å². The van der Waals surface area contributed by atoms with Crippen molar-refractivity contribution in [1.29, 1.82) is 0 Å². The van der Waals surface area contributed by atoms with E-state index >= 15 is 0 Å². The molecule has 0 spiro atoms. The largest absolute Gasteiger partial charge is 0.394 e. The van der Waals surface area contributed by atoms with Gasteiger partial charge in [0.1, 0.15) is 24.4 Å². The number of aliphatic hydroxyl groups excluding tert-OH is 5. The molecule has 1 aliphatic rings. The van der Waals surface area contributed by atoms with Crippen LogP contribution in [0.1, 0.15) is 271 Å². The third-order valence-corrected chi connectivity index (χ3v) is 15.0. The number of carbonyl (C=O) groups is 1. The third-order valence-electron chi connectivity index (χ3n) is 15.0. The summed E-state index contributed by atoms with van der Waals surface area (Å²) in [7, 11) is 0. The van der Waals surface area contributed by atoms with Crippen LogP contribution < -0.4 is 5.32 Å². The van der Waals surface area contributed by atoms with Crippen LogP contribution in [-0.2, 0) is 14.3 Å². The van der Waals surface area contributed by atoms with Gasteiger partial charge in [0.2, 0.25) is 5.91 Å². The fraction of sp³-hybridized carbons (Fsp3) is 0.708. The quantitative estimate of drug-likeness (QED) is 0.0261. The van der Waals surface area contributed by atoms with Crippen LogP contribution in [0, 0.1) is 0 Å². The Bertz CT molecular complexity index is 1690. The zero-order valence-corrected chi connectivity index (χ0v) is 51.7. The summed E-state index contributed by atoms with van der Waals surface area (Å²) < 4.78 is 11.3. The number of allylic oxidation sites excluding steroid dienone is 19. The van der Waals surface area contributed by atoms with Gasteiger partial charge >= 0.3 is 0 Å². The van der Waals surface area contributed by atoms with E-state index in [-0.39, 0.29) is 12.5 Å². The summed E-state index contributed by atoms with van der Waals surface area (Å²) >= 11 is 0. The third kappa shape index (κ3) is 48.6. The molecule has 0 radical (unpaired) electrons. The van der Waals surface area contributed by atoms with Crippen molar-refractivity contribution in [1.82, 2.24) is 5.32 Å². The molecule has 0 aromatic rings. The first kappa shape index (κ1) is 75.6. The Kier molecular flexibility index (Phi) is 55.8. The van der Waals surface area contributed by atoms with Gasteiger partial charge in [-0.1, -0.05) is 283 Å². The van der Waals surface area contributed by atoms with E-state index in [0.29, 0.717) is 6.42 Å². The van der Waals surface area contributed by atoms with Gasteiger partial charge in [-0.15, -0.1) is 0 Å². The maximum atomic E-state index is 13.1. The molecule has 6 N–H and O–H groups in total. The molecule has 1 rings (SSSR count). The van der Waals surface area contributed by atoms with Crippen LogP contribution in [0.4, 0.5) is 0 Å². The van der Waals surface area contributed by atoms with Crippen molar-refractivity contribution in [2.75, 3.05) is 13.2 Å². The number of hydrogen-bond donors (Lipinski definition) is 6. The lowest BCUT2D eigenvalue weighted by Gasteiger charge is -2.40. The lowest BCUT2D eigenvalue weighted by Crippen LogP contribution is -2.60. The topological polar surface area (TPSA) is 149 Å². The Morgan fingerprint density at radius 2 is 0.778 bits per heavy atom. The second-order valence-corrected chi connectivity index (χ2v) is 22.5. The van der Waals surface area contributed by atoms with Gasteiger partial charge in [-0.3, -0.25) is 4.79 Å². The maximum Gasteiger partial charge on any atom is 0.220 e. The van der Waals surface area contributed by atoms with Gasteiger partial charge in [0.05, 0.1) is 25.4 Å². The average molecular weight is 1130 g/mol. The fourth-order valence-electron chi connectivity index (χ4n) is 9.82. The second kappa shape index (κ2) is 59.7. The van der Waals surface area contributed by atoms with Gasteiger partial charge in [0.15, 0.2) is 6.29 Å². The first-order valence-electron chi connectivity index (χ1n) is 33.3. The van der Waals surface area contributed by atoms with E-state index in [2.05, 4.69) is 129 Å². The molecule has 0 aromatic heterocycles. The molecular weight excluding hydrogens is 1010 g/mol. The zero-order valence-electron chi connectivity index (χ0n) is 51.7. The summed E-state index contributed by atoms with van der Waals surface area (Å²) in [4.78, 5) is 13.1. The molecule has 81 heavy (non-hydrogen) atoms. The summed E-state index contributed by atoms with van der Waals surface area (Å²) in [6, 6.07) is -0.835. The summed E-state index contributed by atoms with van der Waals surface area (Å²) in [6.07, 6.45) is 82.9. The highest BCUT2D eigenvalue weighted by Crippen LogP contribution is 2.23. The molecule has 1 fully saturated rings. The molecule has 0 aliphatic carbocycles. The number of carbonyl (C=O) groups excluding carboxylic acids is 1. The number of unbranched alkanes of at least 4 members (excludes halogenated alkanes) is 28. The number of amides is 1. The van der Waals surface area contributed by atoms with Crippen LogP contribution >= 0.6 is 0 Å². The number of hydrogen-bond acceptors (Lipinski definition) is 8. The highest BCUT2D eigenvalue weighted by atomic mass is 16.7. The van der Waals surface area contributed by atoms with E-state index in [1.165, 1.54) is 154 Å². The molecule has 1 amide bonds. The van der Waals surface area contributed by atoms with E-state index in [0.717, 1.165) is 96.3 Å². The molecule has 7 unspecified atom stereocenters. The molecule has 9 heteroatoms. The predicted molar refractivity (Wildman–Crippen MR) is 345 cm³/mol. The highest BCUT2D eigenvalue weighted by Gasteiger charge is 2.44. The first-order valence-corrected chi connectivity index (χ1v) is 33.3. The minimum absolute atomic E-state index is 0.192. The summed E-state index contributed by atoms with van der Waals surface area (Å²) in [5.74, 6) is -0.192. The van der Waals surface area contributed by atoms with E-state index in [9.17, 15) is 30.3 Å². The van der Waals surface area contributed by atoms with Gasteiger partial charge in [-0.05, 0) is 103 Å². The molecule has 7 atom stereocenters. The van der Waals surface area contributed by atoms with Crippen molar-refractivity contribution >= 4 is 5.91 Å². The fourth-order valence-corrected chi connectivity index (χ4v) is 9.82. The Morgan fingerprint density at radius 1 is 0.432 bits per heavy atom. The van der Waals surface area contributed by atoms with Gasteiger partial charge in [0, 0.05) is 6.42 Å². The Morgan fingerprint density at radius 3 is 1.19 bits per heavy atom. The van der Waals surface area contributed by atoms with E-state index in [1.807, 2.05) is 6.08 Å². The van der Waals surface area contributed by atoms with Crippen LogP contribution in [0.3, 0.4) is 0 Å². The van der Waals surface area contributed by atoms with Crippen LogP contribution in [0.5, 0.6) is 0 Å². The van der Waals surface area contributed by atoms with Gasteiger partial charge < -0.3 is 40.3 Å². The second-order valence-electron chi connectivity index (χ2n) is 22.5. The Balaban J connectivity index is 2.13. The number of rotatable bonds is 56. The predicted octanol–water partition coefficient (Wildman–Crippen LogP) is 17.9. The molecule has 464 valence electrons. The molecule has 0 saturated carbocycles. The monoisotopic (exact) mass is 1130 g/mol. The summed E-state index contributed by atoms with van der Waals surface area (Å²) in [5, 5.41) is 54.6. The highest BCUT2D eigenvalue weighted by molar-refractivity contribution is 5.76. The lowest BCUT2D eigenvalue weighted by atomic mass is 9.99. The molecule has 0 bridgehead atoms. The molecule has 1 aliphatic heterocycles. The normalized spacial score (nSPS) is 19.2. The van der Waals surface area contributed by atoms with Crippen molar-refractivity contribution in [3.63, 3.8) is 0 Å². The van der Waals surface area contributed by atoms with Crippen molar-refractivity contribution in [3.05, 3.63) is 122 Å². The average Bonchev–Trinajstić information content (AvgIpc) is 3.48. The standard InChI is InChI=1S/C72H123NO8/c1-3-5-7-9-11-13-15-17-19-21-23-24-25-26-27-28-29-30-31-32-33-34-35-36-37-38-39-40-41-42-44-46-48-50-52-54-56-58-60-62-68(76)73-65(64-80-72-71(79)70(78)69(77)67(63-74)81-72)66(75)61-59-57-55-53-51-49-47-45-43-22-20-18-16-14-12-10-8-6-4-2/h5,7,11,13,17,19,23-24,26-27,29-30,32-33,43,45,51,53,59,61,65-67,69-72,74-75,77-79H,3-4,6,8-10,12,14-16,18,20-22,25,28,31,34-42,44,46-50,52,54-58,60,62-64H2,1-2H3,(H,73,76)/b7-5-,13-11-,19-17-,24-23-,27-26-,30-29-,33-32-,45-43+,53-51+,61-59+. The summed E-state index contributed by atoms with van der Waals surface area (Å²) in [6.45, 7) is 3.65. The minimum atomic E-state index is -1.58. The first-order chi connectivity index (χ1) is 39.8. The van der Waals surface area contributed by atoms with Crippen molar-refractivity contribution in [3.8, 4) is 0 Å². The number of aliphatic hydroxyl groups is 5. The van der Waals surface area contributed by atoms with Crippen molar-refractivity contribution in [2.45, 2.75) is 314 Å². The maximum absolute atomic E-state index is 13.1. The Hall–Kier alpha value is -3.41. The van der Waals surface area contributed by atoms with Crippen LogP contribution in [0.2, 0.25) is 0 Å². The van der Waals surface area contributed by atoms with Crippen LogP contribution in [0.25, 0.3) is 0 Å². The molecule has 0 aromatic carbocycles. The van der Waals surface area contributed by atoms with Crippen LogP contribution in [-0.4, -0.2) is 87.5 Å². The number of ether oxygens (including phenoxy) is 2. The zero-order chi connectivity index (χ0) is 58.6. The molecular formula is C72H123NO8. The lowest BCUT2D eigenvalue weighted by molar-refractivity contribution is -0.302. The van der Waals surface area contributed by atoms with Crippen molar-refractivity contribution in [2.24, 2.45) is 0 Å². The van der Waals surface area contributed by atoms with Gasteiger partial charge in [0.25, 0.3) is 0 Å². The minimum Gasteiger partial charge on any atom is -0.394 e. The molecule has 1 heterocycles. The number of nitrogens with one attached hydrogen (secondary N) is 1. The summed E-state index contributed by atoms with van der Waals surface area (Å²) in [5.41, 5.74) is 0. The Labute approximate surface area is 497 Å². The molecule has 1 saturated heterocycles. The smallest absolute Gasteiger partial charge is 0.220 e. The van der Waals surface area contributed by atoms with Gasteiger partial charge in [-0.2, -0.15) is 0 Å². The van der Waals surface area contributed by atoms with Gasteiger partial charge in [-0.25, -0.2) is 0 Å². The van der Waals surface area contributed by atoms with E-state index < -0.39 is 49.5 Å². The van der Waals surface area contributed by atoms with E-state index in [4.69, 9.17) is 9.47 Å². The SMILES string of the molecule is CC/C=C\C/C=C\C/C=C\C/C=C\C/C=C\C/C=C\C/C=C\CCCCCCCCCCCCCCCCCCCC(=O)NC(COC1OC(CO)C(O)C(O)C1O)C(O)/C=C/CC/C=C/CC/C=C/CCCCCCCCCCC. The van der Waals surface area contributed by atoms with Crippen molar-refractivity contribution < 1.29 is 39.8 Å². The molecule has 9 nitrogen and oxygen atoms in total. The van der Waals surface area contributed by atoms with Crippen LogP contribution in [0.15, 0.2) is 122 Å².